The quantitative estimate of drug-likeness (QED) is 0.160. The van der Waals surface area contributed by atoms with Gasteiger partial charge in [-0.15, -0.1) is 0 Å². The van der Waals surface area contributed by atoms with Gasteiger partial charge in [0.05, 0.1) is 21.3 Å². The maximum absolute atomic E-state index is 13.2. The van der Waals surface area contributed by atoms with Crippen molar-refractivity contribution in [1.82, 2.24) is 29.2 Å². The molecule has 0 radical (unpaired) electrons. The Morgan fingerprint density at radius 3 is 1.45 bits per heavy atom. The molecule has 0 unspecified atom stereocenters. The van der Waals surface area contributed by atoms with E-state index in [9.17, 15) is 17.6 Å². The molecular weight excluding hydrogens is 716 g/mol. The SMILES string of the molecule is CCC(F)(F)Oc1ccc(-c2cnc3c(Br)cnn3c2)cc1.OCC(F)(F)Oc1ccc(-c2cnc3c(Br)cnn3c2)cc1. The summed E-state index contributed by atoms with van der Waals surface area (Å²) < 4.78 is 66.2. The van der Waals surface area contributed by atoms with Crippen molar-refractivity contribution in [3.63, 3.8) is 0 Å². The fourth-order valence-electron chi connectivity index (χ4n) is 3.87. The van der Waals surface area contributed by atoms with Gasteiger partial charge < -0.3 is 14.6 Å². The van der Waals surface area contributed by atoms with Gasteiger partial charge in [0.1, 0.15) is 18.1 Å². The molecule has 0 saturated heterocycles. The van der Waals surface area contributed by atoms with Crippen LogP contribution in [0.2, 0.25) is 0 Å². The molecule has 0 atom stereocenters. The Balaban J connectivity index is 0.000000175. The number of nitrogens with zero attached hydrogens (tertiary/aromatic N) is 6. The number of ether oxygens (including phenoxy) is 2. The molecule has 0 fully saturated rings. The van der Waals surface area contributed by atoms with E-state index in [4.69, 9.17) is 5.11 Å². The van der Waals surface area contributed by atoms with Crippen LogP contribution in [0.3, 0.4) is 0 Å². The van der Waals surface area contributed by atoms with Crippen LogP contribution in [0.15, 0.2) is 94.7 Å². The third kappa shape index (κ3) is 7.34. The summed E-state index contributed by atoms with van der Waals surface area (Å²) in [5.41, 5.74) is 4.63. The molecule has 6 rings (SSSR count). The van der Waals surface area contributed by atoms with Crippen molar-refractivity contribution in [3.05, 3.63) is 94.7 Å². The Labute approximate surface area is 264 Å². The fourth-order valence-corrected chi connectivity index (χ4v) is 4.62. The van der Waals surface area contributed by atoms with Gasteiger partial charge in [0.15, 0.2) is 11.3 Å². The van der Waals surface area contributed by atoms with Gasteiger partial charge in [0.2, 0.25) is 0 Å². The Bertz CT molecular complexity index is 1750. The number of aromatic nitrogens is 6. The Kier molecular flexibility index (Phi) is 9.18. The van der Waals surface area contributed by atoms with E-state index < -0.39 is 18.8 Å². The maximum atomic E-state index is 13.2. The molecule has 0 spiro atoms. The highest BCUT2D eigenvalue weighted by atomic mass is 79.9. The number of alkyl halides is 4. The molecule has 0 aliphatic carbocycles. The van der Waals surface area contributed by atoms with Gasteiger partial charge in [-0.25, -0.2) is 19.0 Å². The summed E-state index contributed by atoms with van der Waals surface area (Å²) in [6.07, 6.45) is 3.17. The van der Waals surface area contributed by atoms with Gasteiger partial charge >= 0.3 is 12.2 Å². The van der Waals surface area contributed by atoms with E-state index in [0.29, 0.717) is 11.3 Å². The monoisotopic (exact) mass is 736 g/mol. The van der Waals surface area contributed by atoms with E-state index >= 15 is 0 Å². The summed E-state index contributed by atoms with van der Waals surface area (Å²) in [6.45, 7) is 0.000979. The van der Waals surface area contributed by atoms with Crippen LogP contribution in [0, 0.1) is 0 Å². The molecule has 9 nitrogen and oxygen atoms in total. The van der Waals surface area contributed by atoms with Crippen LogP contribution in [0.5, 0.6) is 11.5 Å². The van der Waals surface area contributed by atoms with Crippen LogP contribution in [0.4, 0.5) is 17.6 Å². The number of fused-ring (bicyclic) bond motifs is 2. The highest BCUT2D eigenvalue weighted by Gasteiger charge is 2.30. The first-order valence-corrected chi connectivity index (χ1v) is 14.5. The lowest BCUT2D eigenvalue weighted by molar-refractivity contribution is -0.200. The van der Waals surface area contributed by atoms with Gasteiger partial charge in [-0.3, -0.25) is 0 Å². The predicted octanol–water partition coefficient (Wildman–Crippen LogP) is 7.66. The van der Waals surface area contributed by atoms with E-state index in [-0.39, 0.29) is 17.9 Å². The van der Waals surface area contributed by atoms with Crippen LogP contribution in [0.1, 0.15) is 13.3 Å². The molecule has 0 aliphatic heterocycles. The van der Waals surface area contributed by atoms with Crippen LogP contribution in [-0.2, 0) is 0 Å². The largest absolute Gasteiger partial charge is 0.433 e. The molecule has 2 aromatic carbocycles. The summed E-state index contributed by atoms with van der Waals surface area (Å²) in [6, 6.07) is 12.5. The minimum absolute atomic E-state index is 0.0290. The third-order valence-corrected chi connectivity index (χ3v) is 7.25. The summed E-state index contributed by atoms with van der Waals surface area (Å²) in [4.78, 5) is 8.60. The zero-order valence-electron chi connectivity index (χ0n) is 22.7. The smallest absolute Gasteiger partial charge is 0.421 e. The topological polar surface area (TPSA) is 99.1 Å². The van der Waals surface area contributed by atoms with Crippen molar-refractivity contribution in [1.29, 1.82) is 0 Å². The van der Waals surface area contributed by atoms with Crippen molar-refractivity contribution in [2.75, 3.05) is 6.61 Å². The van der Waals surface area contributed by atoms with Crippen molar-refractivity contribution >= 4 is 43.2 Å². The average Bonchev–Trinajstić information content (AvgIpc) is 3.59. The van der Waals surface area contributed by atoms with Crippen LogP contribution >= 0.6 is 31.9 Å². The first kappa shape index (κ1) is 31.3. The fraction of sp³-hybridized carbons (Fsp3) is 0.172. The van der Waals surface area contributed by atoms with Crippen LogP contribution in [0.25, 0.3) is 33.5 Å². The molecule has 44 heavy (non-hydrogen) atoms. The number of aliphatic hydroxyl groups is 1. The lowest BCUT2D eigenvalue weighted by atomic mass is 10.1. The highest BCUT2D eigenvalue weighted by molar-refractivity contribution is 9.11. The second kappa shape index (κ2) is 12.9. The Hall–Kier alpha value is -4.08. The molecule has 0 aliphatic rings. The summed E-state index contributed by atoms with van der Waals surface area (Å²) in [7, 11) is 0. The first-order chi connectivity index (χ1) is 21.0. The molecule has 6 aromatic rings. The van der Waals surface area contributed by atoms with Crippen molar-refractivity contribution < 1.29 is 32.1 Å². The molecule has 4 heterocycles. The van der Waals surface area contributed by atoms with Crippen molar-refractivity contribution in [2.45, 2.75) is 25.6 Å². The number of halogens is 6. The van der Waals surface area contributed by atoms with E-state index in [1.54, 1.807) is 64.3 Å². The van der Waals surface area contributed by atoms with E-state index in [1.165, 1.54) is 31.2 Å². The molecule has 0 amide bonds. The van der Waals surface area contributed by atoms with Gasteiger partial charge in [0.25, 0.3) is 0 Å². The standard InChI is InChI=1S/C15H12BrF2N3O.C14H10BrF2N3O2/c1-2-15(17,18)22-12-5-3-10(4-6-12)11-7-19-14-13(16)8-20-21(14)9-11;15-12-6-19-20-7-10(5-18-13(12)20)9-1-3-11(4-2-9)22-14(16,17)8-21/h3-9H,2H2,1H3;1-7,21H,8H2. The number of hydrogen-bond donors (Lipinski definition) is 1. The number of benzene rings is 2. The van der Waals surface area contributed by atoms with E-state index in [1.807, 2.05) is 6.20 Å². The lowest BCUT2D eigenvalue weighted by Crippen LogP contribution is -2.28. The van der Waals surface area contributed by atoms with Crippen LogP contribution in [-0.4, -0.2) is 53.1 Å². The number of aliphatic hydroxyl groups excluding tert-OH is 1. The van der Waals surface area contributed by atoms with E-state index in [0.717, 1.165) is 31.2 Å². The first-order valence-electron chi connectivity index (χ1n) is 12.9. The minimum atomic E-state index is -3.59. The lowest BCUT2D eigenvalue weighted by Gasteiger charge is -2.16. The second-order valence-electron chi connectivity index (χ2n) is 9.25. The molecule has 0 bridgehead atoms. The molecule has 228 valence electrons. The Morgan fingerprint density at radius 1 is 0.659 bits per heavy atom. The highest BCUT2D eigenvalue weighted by Crippen LogP contribution is 2.29. The molecular formula is C29H22Br2F4N6O3. The zero-order valence-corrected chi connectivity index (χ0v) is 25.9. The summed E-state index contributed by atoms with van der Waals surface area (Å²) >= 11 is 6.70. The van der Waals surface area contributed by atoms with Gasteiger partial charge in [-0.05, 0) is 67.3 Å². The van der Waals surface area contributed by atoms with E-state index in [2.05, 4.69) is 61.5 Å². The second-order valence-corrected chi connectivity index (χ2v) is 11.0. The zero-order chi connectivity index (χ0) is 31.5. The summed E-state index contributed by atoms with van der Waals surface area (Å²) in [5, 5.41) is 16.8. The normalized spacial score (nSPS) is 11.8. The third-order valence-electron chi connectivity index (χ3n) is 6.13. The molecule has 1 N–H and O–H groups in total. The predicted molar refractivity (Wildman–Crippen MR) is 161 cm³/mol. The van der Waals surface area contributed by atoms with Crippen molar-refractivity contribution in [3.8, 4) is 33.8 Å². The van der Waals surface area contributed by atoms with Gasteiger partial charge in [-0.2, -0.15) is 27.8 Å². The Morgan fingerprint density at radius 2 is 1.07 bits per heavy atom. The molecule has 15 heteroatoms. The molecule has 4 aromatic heterocycles. The molecule has 0 saturated carbocycles. The minimum Gasteiger partial charge on any atom is -0.433 e. The average molecular weight is 738 g/mol. The van der Waals surface area contributed by atoms with Gasteiger partial charge in [-0.1, -0.05) is 31.2 Å². The number of rotatable bonds is 8. The number of hydrogen-bond acceptors (Lipinski definition) is 7. The van der Waals surface area contributed by atoms with Crippen LogP contribution < -0.4 is 9.47 Å². The van der Waals surface area contributed by atoms with Gasteiger partial charge in [0, 0.05) is 42.3 Å². The maximum Gasteiger partial charge on any atom is 0.421 e. The summed E-state index contributed by atoms with van der Waals surface area (Å²) in [5.74, 6) is 0.102. The van der Waals surface area contributed by atoms with Crippen molar-refractivity contribution in [2.24, 2.45) is 0 Å².